The van der Waals surface area contributed by atoms with E-state index in [9.17, 15) is 8.42 Å². The number of halogens is 1. The molecule has 0 saturated carbocycles. The zero-order valence-corrected chi connectivity index (χ0v) is 8.44. The number of hydrogen-bond donors (Lipinski definition) is 1. The van der Waals surface area contributed by atoms with Crippen LogP contribution in [0.3, 0.4) is 0 Å². The summed E-state index contributed by atoms with van der Waals surface area (Å²) in [6.45, 7) is -0.194. The van der Waals surface area contributed by atoms with Gasteiger partial charge in [-0.1, -0.05) is 0 Å². The first-order valence-corrected chi connectivity index (χ1v) is 3.67. The maximum Gasteiger partial charge on any atom is 1.00 e. The van der Waals surface area contributed by atoms with Gasteiger partial charge >= 0.3 is 29.6 Å². The summed E-state index contributed by atoms with van der Waals surface area (Å²) in [7, 11) is -3.90. The third-order valence-electron chi connectivity index (χ3n) is 0.418. The zero-order valence-electron chi connectivity index (χ0n) is 5.87. The Morgan fingerprint density at radius 2 is 2.11 bits per heavy atom. The van der Waals surface area contributed by atoms with Crippen LogP contribution in [0.5, 0.6) is 0 Å². The predicted octanol–water partition coefficient (Wildman–Crippen LogP) is -2.84. The second-order valence-electron chi connectivity index (χ2n) is 1.10. The molecule has 0 fully saturated rings. The van der Waals surface area contributed by atoms with Gasteiger partial charge in [0.1, 0.15) is 5.75 Å². The molecule has 0 unspecified atom stereocenters. The first-order valence-electron chi connectivity index (χ1n) is 1.75. The van der Waals surface area contributed by atoms with Crippen LogP contribution in [0.2, 0.25) is 0 Å². The zero-order chi connectivity index (χ0) is 6.62. The molecule has 7 heteroatoms. The van der Waals surface area contributed by atoms with E-state index in [1.165, 1.54) is 0 Å². The SMILES string of the molecule is O=S(=O)(O)CCOCl.[H-].[Na+]. The molecule has 0 aromatic rings. The molecule has 52 valence electrons. The molecule has 0 aliphatic rings. The molecular formula is C2H6ClNaO4S. The van der Waals surface area contributed by atoms with E-state index in [0.717, 1.165) is 0 Å². The van der Waals surface area contributed by atoms with Crippen molar-refractivity contribution in [1.29, 1.82) is 0 Å². The van der Waals surface area contributed by atoms with Crippen molar-refractivity contribution in [3.8, 4) is 0 Å². The van der Waals surface area contributed by atoms with Gasteiger partial charge in [-0.05, 0) is 0 Å². The fourth-order valence-electron chi connectivity index (χ4n) is 0.137. The second kappa shape index (κ2) is 5.91. The van der Waals surface area contributed by atoms with Crippen molar-refractivity contribution in [2.45, 2.75) is 0 Å². The van der Waals surface area contributed by atoms with Crippen LogP contribution in [0.15, 0.2) is 0 Å². The Kier molecular flexibility index (Phi) is 8.41. The minimum atomic E-state index is -3.90. The van der Waals surface area contributed by atoms with Crippen molar-refractivity contribution < 1.29 is 48.2 Å². The van der Waals surface area contributed by atoms with E-state index in [1.54, 1.807) is 0 Å². The Morgan fingerprint density at radius 1 is 1.67 bits per heavy atom. The molecule has 0 heterocycles. The fourth-order valence-corrected chi connectivity index (χ4v) is 0.599. The van der Waals surface area contributed by atoms with Gasteiger partial charge in [0, 0.05) is 0 Å². The molecule has 0 radical (unpaired) electrons. The Labute approximate surface area is 82.2 Å². The summed E-state index contributed by atoms with van der Waals surface area (Å²) in [6.07, 6.45) is 0. The van der Waals surface area contributed by atoms with Gasteiger partial charge < -0.3 is 1.43 Å². The Morgan fingerprint density at radius 3 is 2.22 bits per heavy atom. The van der Waals surface area contributed by atoms with Gasteiger partial charge in [-0.3, -0.25) is 8.84 Å². The molecule has 0 aromatic heterocycles. The average Bonchev–Trinajstić information content (AvgIpc) is 1.59. The van der Waals surface area contributed by atoms with E-state index in [1.807, 2.05) is 0 Å². The summed E-state index contributed by atoms with van der Waals surface area (Å²) in [6, 6.07) is 0. The van der Waals surface area contributed by atoms with Crippen LogP contribution in [0, 0.1) is 0 Å². The van der Waals surface area contributed by atoms with Gasteiger partial charge in [-0.2, -0.15) is 8.42 Å². The van der Waals surface area contributed by atoms with Gasteiger partial charge in [-0.15, -0.1) is 0 Å². The van der Waals surface area contributed by atoms with E-state index in [2.05, 4.69) is 16.2 Å². The summed E-state index contributed by atoms with van der Waals surface area (Å²) in [4.78, 5) is 0. The number of rotatable bonds is 3. The minimum Gasteiger partial charge on any atom is -1.00 e. The van der Waals surface area contributed by atoms with Crippen molar-refractivity contribution in [2.75, 3.05) is 12.4 Å². The van der Waals surface area contributed by atoms with E-state index >= 15 is 0 Å². The normalized spacial score (nSPS) is 10.4. The third-order valence-corrected chi connectivity index (χ3v) is 1.26. The van der Waals surface area contributed by atoms with Crippen LogP contribution in [-0.2, 0) is 14.4 Å². The van der Waals surface area contributed by atoms with E-state index < -0.39 is 15.9 Å². The molecule has 0 aliphatic carbocycles. The van der Waals surface area contributed by atoms with Gasteiger partial charge in [0.25, 0.3) is 10.1 Å². The van der Waals surface area contributed by atoms with Gasteiger partial charge in [0.05, 0.1) is 18.5 Å². The molecule has 9 heavy (non-hydrogen) atoms. The van der Waals surface area contributed by atoms with Crippen LogP contribution < -0.4 is 29.6 Å². The average molecular weight is 185 g/mol. The van der Waals surface area contributed by atoms with Crippen molar-refractivity contribution in [1.82, 2.24) is 0 Å². The first kappa shape index (κ1) is 12.8. The molecule has 0 aromatic carbocycles. The van der Waals surface area contributed by atoms with Gasteiger partial charge in [0.2, 0.25) is 0 Å². The molecule has 4 nitrogen and oxygen atoms in total. The quantitative estimate of drug-likeness (QED) is 0.379. The number of hydrogen-bond acceptors (Lipinski definition) is 3. The second-order valence-corrected chi connectivity index (χ2v) is 2.89. The summed E-state index contributed by atoms with van der Waals surface area (Å²) in [5, 5.41) is 0. The summed E-state index contributed by atoms with van der Waals surface area (Å²) >= 11 is 4.63. The van der Waals surface area contributed by atoms with E-state index in [-0.39, 0.29) is 37.6 Å². The minimum absolute atomic E-state index is 0. The standard InChI is InChI=1S/C2H5ClO4S.Na.H/c3-7-1-2-8(4,5)6;;/h1-2H2,(H,4,5,6);;/q;+1;-1. The van der Waals surface area contributed by atoms with Crippen LogP contribution >= 0.6 is 11.9 Å². The summed E-state index contributed by atoms with van der Waals surface area (Å²) in [5.41, 5.74) is 0. The Bertz CT molecular complexity index is 147. The van der Waals surface area contributed by atoms with Crippen LogP contribution in [-0.4, -0.2) is 25.3 Å². The molecule has 0 atom stereocenters. The topological polar surface area (TPSA) is 63.6 Å². The van der Waals surface area contributed by atoms with Crippen molar-refractivity contribution in [2.24, 2.45) is 0 Å². The maximum atomic E-state index is 9.81. The van der Waals surface area contributed by atoms with Crippen LogP contribution in [0.4, 0.5) is 0 Å². The van der Waals surface area contributed by atoms with Gasteiger partial charge in [-0.25, -0.2) is 0 Å². The van der Waals surface area contributed by atoms with Crippen molar-refractivity contribution >= 4 is 22.0 Å². The Balaban J connectivity index is -0.000000245. The molecule has 0 aliphatic heterocycles. The molecular weight excluding hydrogens is 179 g/mol. The van der Waals surface area contributed by atoms with Gasteiger partial charge in [0.15, 0.2) is 0 Å². The van der Waals surface area contributed by atoms with Crippen LogP contribution in [0.1, 0.15) is 1.43 Å². The third kappa shape index (κ3) is 12.4. The molecule has 0 rings (SSSR count). The molecule has 0 bridgehead atoms. The summed E-state index contributed by atoms with van der Waals surface area (Å²) < 4.78 is 31.4. The predicted molar refractivity (Wildman–Crippen MR) is 29.3 cm³/mol. The van der Waals surface area contributed by atoms with E-state index in [0.29, 0.717) is 0 Å². The Hall–Kier alpha value is 1.16. The smallest absolute Gasteiger partial charge is 1.00 e. The first-order chi connectivity index (χ1) is 3.56. The molecule has 0 saturated heterocycles. The maximum absolute atomic E-state index is 9.81. The van der Waals surface area contributed by atoms with Crippen LogP contribution in [0.25, 0.3) is 0 Å². The fraction of sp³-hybridized carbons (Fsp3) is 1.00. The molecule has 0 amide bonds. The molecule has 0 spiro atoms. The largest absolute Gasteiger partial charge is 1.00 e. The van der Waals surface area contributed by atoms with Crippen molar-refractivity contribution in [3.05, 3.63) is 0 Å². The van der Waals surface area contributed by atoms with E-state index in [4.69, 9.17) is 4.55 Å². The van der Waals surface area contributed by atoms with Crippen molar-refractivity contribution in [3.63, 3.8) is 0 Å². The monoisotopic (exact) mass is 184 g/mol. The summed E-state index contributed by atoms with van der Waals surface area (Å²) in [5.74, 6) is -0.462. The molecule has 1 N–H and O–H groups in total.